The van der Waals surface area contributed by atoms with E-state index in [1.807, 2.05) is 0 Å². The topological polar surface area (TPSA) is 26.3 Å². The average molecular weight is 463 g/mol. The van der Waals surface area contributed by atoms with E-state index >= 15 is 0 Å². The summed E-state index contributed by atoms with van der Waals surface area (Å²) in [5.41, 5.74) is 2.44. The van der Waals surface area contributed by atoms with Crippen LogP contribution in [-0.4, -0.2) is 18.0 Å². The maximum Gasteiger partial charge on any atom is 0.321 e. The molecule has 0 spiro atoms. The van der Waals surface area contributed by atoms with Crippen molar-refractivity contribution in [1.29, 1.82) is 0 Å². The Balaban J connectivity index is 1.45. The Hall–Kier alpha value is -0.500. The van der Waals surface area contributed by atoms with Crippen LogP contribution in [0.15, 0.2) is 11.6 Å². The first kappa shape index (κ1) is 24.6. The van der Waals surface area contributed by atoms with Gasteiger partial charge in [-0.05, 0) is 91.3 Å². The van der Waals surface area contributed by atoms with Crippen molar-refractivity contribution in [3.05, 3.63) is 11.6 Å². The standard InChI is InChI=1S/C29H47ClO2/c1-19(2)7-6-8-20(3)24-11-12-25-23-10-9-21-17-22(32-27(31)18-30)13-15-28(21,4)26(23)14-16-29(24,25)5/h9,19-20,22-26H,6-8,10-18H2,1-5H3/t20-,22+,23+,24-,25-,26+,28+,29-/m1/s1. The van der Waals surface area contributed by atoms with Crippen LogP contribution in [-0.2, 0) is 9.53 Å². The predicted octanol–water partition coefficient (Wildman–Crippen LogP) is 8.18. The molecule has 3 saturated carbocycles. The highest BCUT2D eigenvalue weighted by molar-refractivity contribution is 6.26. The molecule has 0 aromatic rings. The quantitative estimate of drug-likeness (QED) is 0.216. The number of fused-ring (bicyclic) bond motifs is 5. The van der Waals surface area contributed by atoms with Gasteiger partial charge >= 0.3 is 5.97 Å². The fourth-order valence-electron chi connectivity index (χ4n) is 8.97. The lowest BCUT2D eigenvalue weighted by Gasteiger charge is -2.58. The molecule has 3 heteroatoms. The van der Waals surface area contributed by atoms with Crippen molar-refractivity contribution < 1.29 is 9.53 Å². The third-order valence-corrected chi connectivity index (χ3v) is 10.9. The van der Waals surface area contributed by atoms with Crippen molar-refractivity contribution in [1.82, 2.24) is 0 Å². The Morgan fingerprint density at radius 2 is 1.88 bits per heavy atom. The largest absolute Gasteiger partial charge is 0.461 e. The number of hydrogen-bond acceptors (Lipinski definition) is 2. The van der Waals surface area contributed by atoms with Crippen LogP contribution in [0.3, 0.4) is 0 Å². The Labute approximate surface area is 202 Å². The van der Waals surface area contributed by atoms with Gasteiger partial charge in [-0.25, -0.2) is 0 Å². The summed E-state index contributed by atoms with van der Waals surface area (Å²) < 4.78 is 5.63. The van der Waals surface area contributed by atoms with Gasteiger partial charge in [0.2, 0.25) is 0 Å². The number of halogens is 1. The molecule has 0 radical (unpaired) electrons. The molecular weight excluding hydrogens is 416 g/mol. The molecule has 0 saturated heterocycles. The zero-order valence-electron chi connectivity index (χ0n) is 21.3. The SMILES string of the molecule is CC(C)CCC[C@@H](C)[C@H]1CC[C@@H]2[C@@H]3CC=C4C[C@@H](OC(=O)CCl)CC[C@]4(C)[C@H]3CC[C@@]21C. The van der Waals surface area contributed by atoms with Crippen LogP contribution in [0.2, 0.25) is 0 Å². The molecule has 0 aliphatic heterocycles. The minimum atomic E-state index is -0.262. The molecule has 0 aromatic carbocycles. The summed E-state index contributed by atoms with van der Waals surface area (Å²) in [7, 11) is 0. The van der Waals surface area contributed by atoms with Crippen molar-refractivity contribution in [2.75, 3.05) is 5.88 Å². The highest BCUT2D eigenvalue weighted by atomic mass is 35.5. The van der Waals surface area contributed by atoms with E-state index in [-0.39, 0.29) is 18.0 Å². The average Bonchev–Trinajstić information content (AvgIpc) is 3.11. The van der Waals surface area contributed by atoms with Gasteiger partial charge in [-0.1, -0.05) is 65.5 Å². The number of rotatable bonds is 7. The smallest absolute Gasteiger partial charge is 0.321 e. The Bertz CT molecular complexity index is 714. The van der Waals surface area contributed by atoms with Crippen LogP contribution in [0.1, 0.15) is 105 Å². The van der Waals surface area contributed by atoms with Gasteiger partial charge in [0.05, 0.1) is 0 Å². The summed E-state index contributed by atoms with van der Waals surface area (Å²) in [5.74, 6) is 4.92. The van der Waals surface area contributed by atoms with E-state index < -0.39 is 0 Å². The van der Waals surface area contributed by atoms with E-state index in [0.29, 0.717) is 10.8 Å². The Morgan fingerprint density at radius 1 is 1.09 bits per heavy atom. The third-order valence-electron chi connectivity index (χ3n) is 10.7. The lowest BCUT2D eigenvalue weighted by molar-refractivity contribution is -0.148. The number of carbonyl (C=O) groups is 1. The maximum atomic E-state index is 11.7. The van der Waals surface area contributed by atoms with Crippen LogP contribution in [0, 0.1) is 46.3 Å². The molecule has 4 rings (SSSR count). The van der Waals surface area contributed by atoms with E-state index in [1.165, 1.54) is 57.8 Å². The number of alkyl halides is 1. The third kappa shape index (κ3) is 4.44. The number of ether oxygens (including phenoxy) is 1. The second-order valence-corrected chi connectivity index (χ2v) is 13.0. The number of esters is 1. The van der Waals surface area contributed by atoms with Gasteiger partial charge < -0.3 is 4.74 Å². The molecule has 32 heavy (non-hydrogen) atoms. The fraction of sp³-hybridized carbons (Fsp3) is 0.897. The van der Waals surface area contributed by atoms with Crippen molar-refractivity contribution in [2.24, 2.45) is 46.3 Å². The van der Waals surface area contributed by atoms with Gasteiger partial charge in [-0.2, -0.15) is 0 Å². The second-order valence-electron chi connectivity index (χ2n) is 12.8. The Kier molecular flexibility index (Phi) is 7.41. The summed E-state index contributed by atoms with van der Waals surface area (Å²) in [6.45, 7) is 12.5. The molecule has 8 atom stereocenters. The molecule has 182 valence electrons. The van der Waals surface area contributed by atoms with Gasteiger partial charge in [0, 0.05) is 6.42 Å². The zero-order chi connectivity index (χ0) is 23.1. The first-order valence-corrected chi connectivity index (χ1v) is 14.2. The van der Waals surface area contributed by atoms with Crippen LogP contribution in [0.5, 0.6) is 0 Å². The van der Waals surface area contributed by atoms with Crippen molar-refractivity contribution >= 4 is 17.6 Å². The van der Waals surface area contributed by atoms with Crippen molar-refractivity contribution in [3.8, 4) is 0 Å². The van der Waals surface area contributed by atoms with Crippen LogP contribution < -0.4 is 0 Å². The van der Waals surface area contributed by atoms with Gasteiger partial charge in [0.1, 0.15) is 12.0 Å². The van der Waals surface area contributed by atoms with E-state index in [0.717, 1.165) is 48.3 Å². The van der Waals surface area contributed by atoms with Gasteiger partial charge in [-0.15, -0.1) is 11.6 Å². The normalized spacial score (nSPS) is 42.0. The van der Waals surface area contributed by atoms with Gasteiger partial charge in [-0.3, -0.25) is 4.79 Å². The van der Waals surface area contributed by atoms with Crippen LogP contribution >= 0.6 is 11.6 Å². The van der Waals surface area contributed by atoms with Crippen molar-refractivity contribution in [3.63, 3.8) is 0 Å². The first-order chi connectivity index (χ1) is 15.2. The number of carbonyl (C=O) groups excluding carboxylic acids is 1. The molecule has 2 nitrogen and oxygen atoms in total. The molecule has 0 aromatic heterocycles. The maximum absolute atomic E-state index is 11.7. The minimum Gasteiger partial charge on any atom is -0.461 e. The summed E-state index contributed by atoms with van der Waals surface area (Å²) in [6.07, 6.45) is 16.9. The lowest BCUT2D eigenvalue weighted by atomic mass is 9.47. The molecular formula is C29H47ClO2. The molecule has 0 amide bonds. The van der Waals surface area contributed by atoms with Crippen LogP contribution in [0.4, 0.5) is 0 Å². The highest BCUT2D eigenvalue weighted by Crippen LogP contribution is 2.67. The van der Waals surface area contributed by atoms with Gasteiger partial charge in [0.15, 0.2) is 0 Å². The fourth-order valence-corrected chi connectivity index (χ4v) is 9.03. The predicted molar refractivity (Wildman–Crippen MR) is 134 cm³/mol. The molecule has 0 unspecified atom stereocenters. The molecule has 4 aliphatic rings. The number of hydrogen-bond donors (Lipinski definition) is 0. The first-order valence-electron chi connectivity index (χ1n) is 13.6. The molecule has 0 N–H and O–H groups in total. The van der Waals surface area contributed by atoms with Crippen molar-refractivity contribution in [2.45, 2.75) is 111 Å². The monoisotopic (exact) mass is 462 g/mol. The molecule has 0 heterocycles. The second kappa shape index (κ2) is 9.63. The highest BCUT2D eigenvalue weighted by Gasteiger charge is 2.59. The van der Waals surface area contributed by atoms with E-state index in [4.69, 9.17) is 16.3 Å². The summed E-state index contributed by atoms with van der Waals surface area (Å²) in [6, 6.07) is 0. The van der Waals surface area contributed by atoms with E-state index in [1.54, 1.807) is 5.57 Å². The minimum absolute atomic E-state index is 0.0329. The molecule has 4 aliphatic carbocycles. The van der Waals surface area contributed by atoms with E-state index in [2.05, 4.69) is 40.7 Å². The summed E-state index contributed by atoms with van der Waals surface area (Å²) in [4.78, 5) is 11.7. The zero-order valence-corrected chi connectivity index (χ0v) is 22.1. The summed E-state index contributed by atoms with van der Waals surface area (Å²) >= 11 is 5.68. The number of allylic oxidation sites excluding steroid dienone is 1. The molecule has 3 fully saturated rings. The Morgan fingerprint density at radius 3 is 2.59 bits per heavy atom. The lowest BCUT2D eigenvalue weighted by Crippen LogP contribution is -2.51. The molecule has 0 bridgehead atoms. The summed E-state index contributed by atoms with van der Waals surface area (Å²) in [5, 5.41) is 0. The van der Waals surface area contributed by atoms with Crippen LogP contribution in [0.25, 0.3) is 0 Å². The van der Waals surface area contributed by atoms with Gasteiger partial charge in [0.25, 0.3) is 0 Å². The van der Waals surface area contributed by atoms with E-state index in [9.17, 15) is 4.79 Å².